The monoisotopic (exact) mass is 246 g/mol. The van der Waals surface area contributed by atoms with E-state index in [0.717, 1.165) is 17.6 Å². The molecule has 1 saturated carbocycles. The Morgan fingerprint density at radius 2 is 2.06 bits per heavy atom. The second kappa shape index (κ2) is 4.42. The van der Waals surface area contributed by atoms with E-state index in [4.69, 9.17) is 4.74 Å². The Balaban J connectivity index is 2.09. The number of carbonyl (C=O) groups is 1. The molecule has 98 valence electrons. The molecule has 2 aliphatic carbocycles. The maximum Gasteiger partial charge on any atom is 0.311 e. The van der Waals surface area contributed by atoms with Crippen molar-refractivity contribution in [3.8, 4) is 0 Å². The van der Waals surface area contributed by atoms with Crippen LogP contribution in [-0.2, 0) is 9.53 Å². The van der Waals surface area contributed by atoms with Crippen LogP contribution in [0.5, 0.6) is 0 Å². The van der Waals surface area contributed by atoms with E-state index >= 15 is 0 Å². The van der Waals surface area contributed by atoms with Crippen LogP contribution in [0.4, 0.5) is 0 Å². The van der Waals surface area contributed by atoms with Crippen LogP contribution >= 0.6 is 0 Å². The van der Waals surface area contributed by atoms with Crippen LogP contribution < -0.4 is 0 Å². The smallest absolute Gasteiger partial charge is 0.311 e. The Labute approximate surface area is 109 Å². The molecule has 2 rings (SSSR count). The van der Waals surface area contributed by atoms with E-state index in [1.54, 1.807) is 0 Å². The number of hydrogen-bond donors (Lipinski definition) is 0. The molecule has 0 aromatic carbocycles. The zero-order valence-electron chi connectivity index (χ0n) is 11.5. The molecule has 1 fully saturated rings. The van der Waals surface area contributed by atoms with E-state index in [1.807, 2.05) is 20.8 Å². The van der Waals surface area contributed by atoms with Crippen molar-refractivity contribution in [2.75, 3.05) is 0 Å². The number of allylic oxidation sites excluding steroid dienone is 2. The van der Waals surface area contributed by atoms with Crippen LogP contribution in [0, 0.1) is 17.3 Å². The lowest BCUT2D eigenvalue weighted by Gasteiger charge is -2.36. The minimum atomic E-state index is -0.466. The molecule has 2 nitrogen and oxygen atoms in total. The molecule has 0 aromatic heterocycles. The van der Waals surface area contributed by atoms with Gasteiger partial charge in [0.15, 0.2) is 0 Å². The third-order valence-corrected chi connectivity index (χ3v) is 3.84. The molecule has 3 unspecified atom stereocenters. The highest BCUT2D eigenvalue weighted by Gasteiger charge is 2.39. The molecule has 0 saturated heterocycles. The summed E-state index contributed by atoms with van der Waals surface area (Å²) in [5.74, 6) is 0.622. The molecule has 0 aliphatic heterocycles. The van der Waals surface area contributed by atoms with Gasteiger partial charge < -0.3 is 4.74 Å². The first-order valence-electron chi connectivity index (χ1n) is 6.55. The van der Waals surface area contributed by atoms with Crippen LogP contribution in [0.15, 0.2) is 36.5 Å². The Morgan fingerprint density at radius 1 is 1.39 bits per heavy atom. The van der Waals surface area contributed by atoms with Gasteiger partial charge in [-0.15, -0.1) is 0 Å². The molecule has 0 aromatic rings. The van der Waals surface area contributed by atoms with Gasteiger partial charge in [0.25, 0.3) is 0 Å². The molecule has 2 heteroatoms. The third-order valence-electron chi connectivity index (χ3n) is 3.84. The molecule has 0 spiro atoms. The van der Waals surface area contributed by atoms with Crippen LogP contribution in [0.25, 0.3) is 0 Å². The first kappa shape index (κ1) is 13.1. The lowest BCUT2D eigenvalue weighted by molar-refractivity contribution is -0.157. The molecule has 18 heavy (non-hydrogen) atoms. The van der Waals surface area contributed by atoms with Gasteiger partial charge in [0, 0.05) is 12.3 Å². The summed E-state index contributed by atoms with van der Waals surface area (Å²) in [7, 11) is 0. The second-order valence-electron chi connectivity index (χ2n) is 6.38. The standard InChI is InChI=1S/C16H22O2/c1-10-9-14(18-15(17)16(3,4)5)11(2)13-8-6-7-12(10)13/h6-7,12-14H,1-2,8-9H2,3-5H3. The summed E-state index contributed by atoms with van der Waals surface area (Å²) >= 11 is 0. The van der Waals surface area contributed by atoms with Gasteiger partial charge in [-0.25, -0.2) is 0 Å². The molecule has 0 amide bonds. The molecule has 2 aliphatic rings. The van der Waals surface area contributed by atoms with E-state index in [0.29, 0.717) is 18.3 Å². The average Bonchev–Trinajstić information content (AvgIpc) is 2.73. The van der Waals surface area contributed by atoms with Gasteiger partial charge in [0.05, 0.1) is 5.41 Å². The summed E-state index contributed by atoms with van der Waals surface area (Å²) in [5.41, 5.74) is 1.75. The maximum atomic E-state index is 12.0. The predicted molar refractivity (Wildman–Crippen MR) is 73.0 cm³/mol. The van der Waals surface area contributed by atoms with Crippen molar-refractivity contribution in [3.05, 3.63) is 36.5 Å². The quantitative estimate of drug-likeness (QED) is 0.521. The lowest BCUT2D eigenvalue weighted by Crippen LogP contribution is -2.35. The Kier molecular flexibility index (Phi) is 3.22. The van der Waals surface area contributed by atoms with Crippen molar-refractivity contribution in [3.63, 3.8) is 0 Å². The van der Waals surface area contributed by atoms with Crippen molar-refractivity contribution in [2.24, 2.45) is 17.3 Å². The van der Waals surface area contributed by atoms with Crippen LogP contribution in [0.1, 0.15) is 33.6 Å². The molecule has 3 atom stereocenters. The van der Waals surface area contributed by atoms with Gasteiger partial charge >= 0.3 is 5.97 Å². The van der Waals surface area contributed by atoms with E-state index in [-0.39, 0.29) is 12.1 Å². The van der Waals surface area contributed by atoms with Crippen molar-refractivity contribution in [1.82, 2.24) is 0 Å². The average molecular weight is 246 g/mol. The zero-order chi connectivity index (χ0) is 13.5. The first-order valence-corrected chi connectivity index (χ1v) is 6.55. The normalized spacial score (nSPS) is 31.4. The minimum absolute atomic E-state index is 0.161. The van der Waals surface area contributed by atoms with Crippen LogP contribution in [-0.4, -0.2) is 12.1 Å². The minimum Gasteiger partial charge on any atom is -0.457 e. The molecular formula is C16H22O2. The predicted octanol–water partition coefficient (Wildman–Crippen LogP) is 3.65. The summed E-state index contributed by atoms with van der Waals surface area (Å²) in [6.07, 6.45) is 5.91. The fourth-order valence-electron chi connectivity index (χ4n) is 2.62. The Bertz CT molecular complexity index is 423. The van der Waals surface area contributed by atoms with E-state index in [2.05, 4.69) is 25.3 Å². The summed E-state index contributed by atoms with van der Waals surface area (Å²) in [6.45, 7) is 13.9. The van der Waals surface area contributed by atoms with Gasteiger partial charge in [-0.2, -0.15) is 0 Å². The van der Waals surface area contributed by atoms with Crippen molar-refractivity contribution in [2.45, 2.75) is 39.7 Å². The summed E-state index contributed by atoms with van der Waals surface area (Å²) < 4.78 is 5.62. The number of carbonyl (C=O) groups excluding carboxylic acids is 1. The number of rotatable bonds is 1. The number of hydrogen-bond acceptors (Lipinski definition) is 2. The van der Waals surface area contributed by atoms with Gasteiger partial charge in [0.2, 0.25) is 0 Å². The van der Waals surface area contributed by atoms with Gasteiger partial charge in [-0.05, 0) is 38.7 Å². The molecule has 0 heterocycles. The zero-order valence-corrected chi connectivity index (χ0v) is 11.5. The van der Waals surface area contributed by atoms with E-state index in [1.165, 1.54) is 0 Å². The van der Waals surface area contributed by atoms with Gasteiger partial charge in [-0.1, -0.05) is 30.9 Å². The third kappa shape index (κ3) is 2.29. The van der Waals surface area contributed by atoms with E-state index in [9.17, 15) is 4.79 Å². The fraction of sp³-hybridized carbons (Fsp3) is 0.562. The topological polar surface area (TPSA) is 26.3 Å². The fourth-order valence-corrected chi connectivity index (χ4v) is 2.62. The highest BCUT2D eigenvalue weighted by Crippen LogP contribution is 2.44. The van der Waals surface area contributed by atoms with Crippen LogP contribution in [0.3, 0.4) is 0 Å². The summed E-state index contributed by atoms with van der Waals surface area (Å²) in [5, 5.41) is 0. The molecule has 0 radical (unpaired) electrons. The maximum absolute atomic E-state index is 12.0. The van der Waals surface area contributed by atoms with Crippen LogP contribution in [0.2, 0.25) is 0 Å². The highest BCUT2D eigenvalue weighted by atomic mass is 16.5. The Morgan fingerprint density at radius 3 is 2.67 bits per heavy atom. The summed E-state index contributed by atoms with van der Waals surface area (Å²) in [4.78, 5) is 12.0. The van der Waals surface area contributed by atoms with E-state index < -0.39 is 5.41 Å². The lowest BCUT2D eigenvalue weighted by atomic mass is 9.74. The number of ether oxygens (including phenoxy) is 1. The van der Waals surface area contributed by atoms with Crippen molar-refractivity contribution >= 4 is 5.97 Å². The van der Waals surface area contributed by atoms with Gasteiger partial charge in [-0.3, -0.25) is 4.79 Å². The van der Waals surface area contributed by atoms with Crippen molar-refractivity contribution < 1.29 is 9.53 Å². The highest BCUT2D eigenvalue weighted by molar-refractivity contribution is 5.75. The van der Waals surface area contributed by atoms with Gasteiger partial charge in [0.1, 0.15) is 6.10 Å². The number of esters is 1. The Hall–Kier alpha value is -1.31. The largest absolute Gasteiger partial charge is 0.457 e. The molecule has 0 N–H and O–H groups in total. The SMILES string of the molecule is C=C1CC(OC(=O)C(C)(C)C)C(=C)C2CC=CC12. The molecule has 0 bridgehead atoms. The number of fused-ring (bicyclic) bond motifs is 1. The van der Waals surface area contributed by atoms with Crippen molar-refractivity contribution in [1.29, 1.82) is 0 Å². The molecular weight excluding hydrogens is 224 g/mol. The summed E-state index contributed by atoms with van der Waals surface area (Å²) in [6, 6.07) is 0. The first-order chi connectivity index (χ1) is 8.30. The second-order valence-corrected chi connectivity index (χ2v) is 6.38.